The summed E-state index contributed by atoms with van der Waals surface area (Å²) in [6.45, 7) is 4.28. The lowest BCUT2D eigenvalue weighted by molar-refractivity contribution is -0.141. The molecule has 39 heavy (non-hydrogen) atoms. The lowest BCUT2D eigenvalue weighted by atomic mass is 10.1. The Bertz CT molecular complexity index is 1230. The third kappa shape index (κ3) is 8.85. The Morgan fingerprint density at radius 2 is 1.64 bits per heavy atom. The molecule has 3 rings (SSSR count). The second-order valence-electron chi connectivity index (χ2n) is 10.1. The van der Waals surface area contributed by atoms with Crippen LogP contribution in [-0.4, -0.2) is 50.0 Å². The molecule has 2 aromatic rings. The Balaban J connectivity index is 1.77. The molecule has 0 heterocycles. The average molecular weight is 597 g/mol. The number of rotatable bonds is 13. The van der Waals surface area contributed by atoms with Gasteiger partial charge in [-0.05, 0) is 67.5 Å². The van der Waals surface area contributed by atoms with E-state index >= 15 is 0 Å². The van der Waals surface area contributed by atoms with E-state index in [1.165, 1.54) is 10.6 Å². The summed E-state index contributed by atoms with van der Waals surface area (Å²) in [6.07, 6.45) is 6.94. The summed E-state index contributed by atoms with van der Waals surface area (Å²) in [4.78, 5) is 28.5. The van der Waals surface area contributed by atoms with Crippen LogP contribution in [0.2, 0.25) is 10.0 Å². The lowest BCUT2D eigenvalue weighted by Crippen LogP contribution is -2.51. The first-order valence-electron chi connectivity index (χ1n) is 13.6. The molecule has 2 aromatic carbocycles. The van der Waals surface area contributed by atoms with Gasteiger partial charge in [-0.1, -0.05) is 68.1 Å². The quantitative estimate of drug-likeness (QED) is 0.309. The summed E-state index contributed by atoms with van der Waals surface area (Å²) < 4.78 is 26.4. The Kier molecular flexibility index (Phi) is 11.5. The lowest BCUT2D eigenvalue weighted by Gasteiger charge is -2.32. The maximum Gasteiger partial charge on any atom is 0.243 e. The molecule has 0 saturated heterocycles. The van der Waals surface area contributed by atoms with Crippen molar-refractivity contribution in [2.24, 2.45) is 0 Å². The SMILES string of the molecule is CCc1ccc(N(CCCC(=O)N(Cc2ccc(Cl)c(Cl)c2)C(CC)C(=O)NC2CCCC2)S(C)(=O)=O)cc1. The third-order valence-corrected chi connectivity index (χ3v) is 9.14. The highest BCUT2D eigenvalue weighted by Gasteiger charge is 2.31. The minimum Gasteiger partial charge on any atom is -0.352 e. The molecule has 214 valence electrons. The van der Waals surface area contributed by atoms with Crippen LogP contribution in [0.15, 0.2) is 42.5 Å². The fourth-order valence-electron chi connectivity index (χ4n) is 5.02. The van der Waals surface area contributed by atoms with Crippen LogP contribution < -0.4 is 9.62 Å². The van der Waals surface area contributed by atoms with Gasteiger partial charge in [0, 0.05) is 25.6 Å². The van der Waals surface area contributed by atoms with Crippen LogP contribution in [0.25, 0.3) is 0 Å². The Hall–Kier alpha value is -2.29. The van der Waals surface area contributed by atoms with Crippen LogP contribution in [-0.2, 0) is 32.6 Å². The molecule has 0 bridgehead atoms. The first kappa shape index (κ1) is 31.2. The molecule has 10 heteroatoms. The molecule has 0 spiro atoms. The van der Waals surface area contributed by atoms with Gasteiger partial charge in [-0.3, -0.25) is 13.9 Å². The van der Waals surface area contributed by atoms with Crippen LogP contribution in [0.5, 0.6) is 0 Å². The fraction of sp³-hybridized carbons (Fsp3) is 0.517. The zero-order valence-electron chi connectivity index (χ0n) is 23.0. The molecule has 0 aromatic heterocycles. The van der Waals surface area contributed by atoms with Crippen molar-refractivity contribution in [1.82, 2.24) is 10.2 Å². The van der Waals surface area contributed by atoms with Gasteiger partial charge in [-0.25, -0.2) is 8.42 Å². The second-order valence-corrected chi connectivity index (χ2v) is 12.9. The predicted molar refractivity (Wildman–Crippen MR) is 159 cm³/mol. The molecule has 1 atom stereocenters. The highest BCUT2D eigenvalue weighted by molar-refractivity contribution is 7.92. The molecular weight excluding hydrogens is 557 g/mol. The van der Waals surface area contributed by atoms with Gasteiger partial charge in [-0.2, -0.15) is 0 Å². The van der Waals surface area contributed by atoms with E-state index in [0.29, 0.717) is 28.6 Å². The van der Waals surface area contributed by atoms with E-state index in [1.54, 1.807) is 35.2 Å². The van der Waals surface area contributed by atoms with Crippen molar-refractivity contribution >= 4 is 50.7 Å². The number of carbonyl (C=O) groups is 2. The maximum absolute atomic E-state index is 13.6. The van der Waals surface area contributed by atoms with Gasteiger partial charge >= 0.3 is 0 Å². The van der Waals surface area contributed by atoms with E-state index in [0.717, 1.165) is 43.2 Å². The monoisotopic (exact) mass is 595 g/mol. The van der Waals surface area contributed by atoms with Crippen molar-refractivity contribution in [2.45, 2.75) is 83.8 Å². The highest BCUT2D eigenvalue weighted by Crippen LogP contribution is 2.25. The molecule has 2 amide bonds. The molecule has 0 radical (unpaired) electrons. The number of carbonyl (C=O) groups excluding carboxylic acids is 2. The van der Waals surface area contributed by atoms with Crippen LogP contribution in [0.3, 0.4) is 0 Å². The predicted octanol–water partition coefficient (Wildman–Crippen LogP) is 5.97. The number of halogens is 2. The fourth-order valence-corrected chi connectivity index (χ4v) is 6.31. The van der Waals surface area contributed by atoms with Gasteiger partial charge in [0.15, 0.2) is 0 Å². The van der Waals surface area contributed by atoms with Crippen molar-refractivity contribution in [3.63, 3.8) is 0 Å². The van der Waals surface area contributed by atoms with Gasteiger partial charge in [0.25, 0.3) is 0 Å². The number of hydrogen-bond donors (Lipinski definition) is 1. The topological polar surface area (TPSA) is 86.8 Å². The summed E-state index contributed by atoms with van der Waals surface area (Å²) >= 11 is 12.3. The normalized spacial score (nSPS) is 14.7. The van der Waals surface area contributed by atoms with Crippen molar-refractivity contribution in [3.8, 4) is 0 Å². The third-order valence-electron chi connectivity index (χ3n) is 7.21. The van der Waals surface area contributed by atoms with Crippen molar-refractivity contribution in [1.29, 1.82) is 0 Å². The number of hydrogen-bond acceptors (Lipinski definition) is 4. The average Bonchev–Trinajstić information content (AvgIpc) is 3.41. The Morgan fingerprint density at radius 3 is 2.21 bits per heavy atom. The van der Waals surface area contributed by atoms with Crippen molar-refractivity contribution in [2.75, 3.05) is 17.1 Å². The zero-order chi connectivity index (χ0) is 28.6. The molecule has 1 aliphatic rings. The minimum atomic E-state index is -3.54. The zero-order valence-corrected chi connectivity index (χ0v) is 25.3. The highest BCUT2D eigenvalue weighted by atomic mass is 35.5. The summed E-state index contributed by atoms with van der Waals surface area (Å²) in [5.41, 5.74) is 2.44. The second kappa shape index (κ2) is 14.4. The standard InChI is InChI=1S/C29H39Cl2N3O4S/c1-4-21-12-15-24(16-13-21)34(39(3,37)38)18-8-11-28(35)33(20-22-14-17-25(30)26(31)19-22)27(5-2)29(36)32-23-9-6-7-10-23/h12-17,19,23,27H,4-11,18,20H2,1-3H3,(H,32,36). The summed E-state index contributed by atoms with van der Waals surface area (Å²) in [5.74, 6) is -0.379. The number of nitrogens with zero attached hydrogens (tertiary/aromatic N) is 2. The van der Waals surface area contributed by atoms with Crippen molar-refractivity contribution in [3.05, 3.63) is 63.6 Å². The van der Waals surface area contributed by atoms with Crippen LogP contribution >= 0.6 is 23.2 Å². The molecule has 1 N–H and O–H groups in total. The first-order chi connectivity index (χ1) is 18.5. The molecule has 1 aliphatic carbocycles. The van der Waals surface area contributed by atoms with E-state index < -0.39 is 16.1 Å². The smallest absolute Gasteiger partial charge is 0.243 e. The number of sulfonamides is 1. The Labute approximate surface area is 242 Å². The van der Waals surface area contributed by atoms with Gasteiger partial charge in [-0.15, -0.1) is 0 Å². The molecular formula is C29H39Cl2N3O4S. The molecule has 1 saturated carbocycles. The van der Waals surface area contributed by atoms with Gasteiger partial charge in [0.2, 0.25) is 21.8 Å². The number of nitrogens with one attached hydrogen (secondary N) is 1. The van der Waals surface area contributed by atoms with Gasteiger partial charge < -0.3 is 10.2 Å². The van der Waals surface area contributed by atoms with Crippen LogP contribution in [0.1, 0.15) is 69.9 Å². The largest absolute Gasteiger partial charge is 0.352 e. The molecule has 7 nitrogen and oxygen atoms in total. The summed E-state index contributed by atoms with van der Waals surface area (Å²) in [6, 6.07) is 12.1. The molecule has 1 fully saturated rings. The van der Waals surface area contributed by atoms with E-state index in [9.17, 15) is 18.0 Å². The maximum atomic E-state index is 13.6. The summed E-state index contributed by atoms with van der Waals surface area (Å²) in [5, 5.41) is 3.92. The van der Waals surface area contributed by atoms with Crippen molar-refractivity contribution < 1.29 is 18.0 Å². The minimum absolute atomic E-state index is 0.0909. The van der Waals surface area contributed by atoms with Gasteiger partial charge in [0.1, 0.15) is 6.04 Å². The van der Waals surface area contributed by atoms with Gasteiger partial charge in [0.05, 0.1) is 22.0 Å². The number of anilines is 1. The van der Waals surface area contributed by atoms with E-state index in [-0.39, 0.29) is 37.4 Å². The summed E-state index contributed by atoms with van der Waals surface area (Å²) in [7, 11) is -3.54. The first-order valence-corrected chi connectivity index (χ1v) is 16.2. The number of aryl methyl sites for hydroxylation is 1. The van der Waals surface area contributed by atoms with E-state index in [1.807, 2.05) is 26.0 Å². The number of benzene rings is 2. The number of amides is 2. The van der Waals surface area contributed by atoms with Crippen LogP contribution in [0, 0.1) is 0 Å². The van der Waals surface area contributed by atoms with Crippen LogP contribution in [0.4, 0.5) is 5.69 Å². The van der Waals surface area contributed by atoms with E-state index in [4.69, 9.17) is 23.2 Å². The Morgan fingerprint density at radius 1 is 1.00 bits per heavy atom. The molecule has 1 unspecified atom stereocenters. The van der Waals surface area contributed by atoms with E-state index in [2.05, 4.69) is 5.32 Å². The molecule has 0 aliphatic heterocycles.